The molecule has 1 aliphatic rings. The van der Waals surface area contributed by atoms with Gasteiger partial charge in [0, 0.05) is 23.2 Å². The quantitative estimate of drug-likeness (QED) is 0.437. The first-order chi connectivity index (χ1) is 16.0. The minimum absolute atomic E-state index is 0.438. The summed E-state index contributed by atoms with van der Waals surface area (Å²) in [6, 6.07) is 9.58. The Bertz CT molecular complexity index is 1130. The van der Waals surface area contributed by atoms with E-state index in [9.17, 15) is 9.59 Å². The van der Waals surface area contributed by atoms with Crippen molar-refractivity contribution in [1.29, 1.82) is 0 Å². The van der Waals surface area contributed by atoms with Gasteiger partial charge in [-0.1, -0.05) is 19.3 Å². The number of carbonyl (C=O) groups is 2. The van der Waals surface area contributed by atoms with Gasteiger partial charge in [-0.05, 0) is 56.0 Å². The van der Waals surface area contributed by atoms with Gasteiger partial charge in [0.1, 0.15) is 10.8 Å². The summed E-state index contributed by atoms with van der Waals surface area (Å²) in [7, 11) is 1.64. The van der Waals surface area contributed by atoms with Gasteiger partial charge in [-0.3, -0.25) is 10.2 Å². The molecule has 1 aliphatic carbocycles. The topological polar surface area (TPSA) is 105 Å². The van der Waals surface area contributed by atoms with E-state index < -0.39 is 12.0 Å². The van der Waals surface area contributed by atoms with Crippen molar-refractivity contribution in [3.8, 4) is 27.7 Å². The summed E-state index contributed by atoms with van der Waals surface area (Å²) in [5, 5.41) is 11.7. The molecule has 0 saturated heterocycles. The van der Waals surface area contributed by atoms with Gasteiger partial charge < -0.3 is 14.4 Å². The molecule has 9 heteroatoms. The van der Waals surface area contributed by atoms with Crippen LogP contribution in [0, 0.1) is 12.8 Å². The van der Waals surface area contributed by atoms with Gasteiger partial charge in [0.2, 0.25) is 0 Å². The largest absolute Gasteiger partial charge is 0.497 e. The van der Waals surface area contributed by atoms with Crippen LogP contribution in [0.3, 0.4) is 0 Å². The molecule has 0 bridgehead atoms. The number of hydrazine groups is 1. The molecule has 3 N–H and O–H groups in total. The zero-order valence-electron chi connectivity index (χ0n) is 18.8. The average Bonchev–Trinajstić information content (AvgIpc) is 3.44. The molecule has 0 radical (unpaired) electrons. The lowest BCUT2D eigenvalue weighted by Gasteiger charge is -2.24. The minimum atomic E-state index is -1.31. The lowest BCUT2D eigenvalue weighted by molar-refractivity contribution is 0.0925. The van der Waals surface area contributed by atoms with E-state index in [1.807, 2.05) is 48.1 Å². The van der Waals surface area contributed by atoms with E-state index in [4.69, 9.17) is 14.8 Å². The van der Waals surface area contributed by atoms with Gasteiger partial charge in [-0.25, -0.2) is 15.2 Å². The van der Waals surface area contributed by atoms with Crippen LogP contribution < -0.4 is 15.6 Å². The van der Waals surface area contributed by atoms with Crippen molar-refractivity contribution in [2.45, 2.75) is 45.6 Å². The van der Waals surface area contributed by atoms with Crippen molar-refractivity contribution in [3.63, 3.8) is 0 Å². The zero-order chi connectivity index (χ0) is 23.4. The highest BCUT2D eigenvalue weighted by atomic mass is 32.1. The Kier molecular flexibility index (Phi) is 6.98. The molecule has 1 fully saturated rings. The maximum atomic E-state index is 12.7. The van der Waals surface area contributed by atoms with E-state index in [1.54, 1.807) is 18.4 Å². The molecule has 2 heterocycles. The Morgan fingerprint density at radius 3 is 2.58 bits per heavy atom. The third-order valence-corrected chi connectivity index (χ3v) is 7.05. The predicted octanol–water partition coefficient (Wildman–Crippen LogP) is 5.09. The summed E-state index contributed by atoms with van der Waals surface area (Å²) in [6.07, 6.45) is 4.77. The van der Waals surface area contributed by atoms with E-state index in [0.717, 1.165) is 39.9 Å². The molecule has 0 spiro atoms. The lowest BCUT2D eigenvalue weighted by Crippen LogP contribution is -2.40. The van der Waals surface area contributed by atoms with Gasteiger partial charge in [-0.15, -0.1) is 11.3 Å². The Morgan fingerprint density at radius 1 is 1.18 bits per heavy atom. The van der Waals surface area contributed by atoms with Crippen molar-refractivity contribution in [3.05, 3.63) is 47.0 Å². The first kappa shape index (κ1) is 22.8. The Hall–Kier alpha value is -3.33. The first-order valence-corrected chi connectivity index (χ1v) is 11.9. The number of benzene rings is 1. The van der Waals surface area contributed by atoms with Gasteiger partial charge in [0.25, 0.3) is 5.91 Å². The number of thiazole rings is 1. The van der Waals surface area contributed by atoms with Crippen LogP contribution in [0.25, 0.3) is 22.0 Å². The van der Waals surface area contributed by atoms with Crippen molar-refractivity contribution < 1.29 is 19.4 Å². The van der Waals surface area contributed by atoms with Crippen LogP contribution in [0.4, 0.5) is 4.79 Å². The third-order valence-electron chi connectivity index (χ3n) is 6.16. The van der Waals surface area contributed by atoms with Gasteiger partial charge in [0.15, 0.2) is 0 Å². The summed E-state index contributed by atoms with van der Waals surface area (Å²) in [5.74, 6) is 0.860. The number of amides is 2. The fraction of sp³-hybridized carbons (Fsp3) is 0.375. The maximum absolute atomic E-state index is 12.7. The number of aromatic nitrogens is 2. The van der Waals surface area contributed by atoms with Gasteiger partial charge in [-0.2, -0.15) is 0 Å². The molecular weight excluding hydrogens is 440 g/mol. The van der Waals surface area contributed by atoms with Crippen molar-refractivity contribution in [2.75, 3.05) is 7.11 Å². The summed E-state index contributed by atoms with van der Waals surface area (Å²) < 4.78 is 7.41. The molecule has 0 unspecified atom stereocenters. The molecule has 1 saturated carbocycles. The molecule has 3 aromatic rings. The highest BCUT2D eigenvalue weighted by Crippen LogP contribution is 2.34. The van der Waals surface area contributed by atoms with Crippen LogP contribution in [-0.4, -0.2) is 33.8 Å². The van der Waals surface area contributed by atoms with Crippen molar-refractivity contribution in [1.82, 2.24) is 20.4 Å². The summed E-state index contributed by atoms with van der Waals surface area (Å²) in [4.78, 5) is 28.3. The number of nitrogens with one attached hydrogen (secondary N) is 2. The van der Waals surface area contributed by atoms with E-state index in [1.165, 1.54) is 32.1 Å². The Labute approximate surface area is 196 Å². The molecule has 4 rings (SSSR count). The average molecular weight is 469 g/mol. The molecule has 8 nitrogen and oxygen atoms in total. The smallest absolute Gasteiger partial charge is 0.423 e. The van der Waals surface area contributed by atoms with Crippen LogP contribution in [0.1, 0.15) is 48.2 Å². The monoisotopic (exact) mass is 468 g/mol. The van der Waals surface area contributed by atoms with Gasteiger partial charge in [0.05, 0.1) is 24.1 Å². The number of hydrogen-bond donors (Lipinski definition) is 3. The molecule has 2 amide bonds. The van der Waals surface area contributed by atoms with E-state index >= 15 is 0 Å². The summed E-state index contributed by atoms with van der Waals surface area (Å²) in [6.45, 7) is 2.72. The molecule has 2 aromatic heterocycles. The highest BCUT2D eigenvalue weighted by molar-refractivity contribution is 7.13. The van der Waals surface area contributed by atoms with E-state index in [-0.39, 0.29) is 0 Å². The second-order valence-corrected chi connectivity index (χ2v) is 9.15. The van der Waals surface area contributed by atoms with Crippen LogP contribution in [0.5, 0.6) is 5.75 Å². The second-order valence-electron chi connectivity index (χ2n) is 8.29. The van der Waals surface area contributed by atoms with Crippen molar-refractivity contribution in [2.24, 2.45) is 5.92 Å². The molecule has 174 valence electrons. The predicted molar refractivity (Wildman–Crippen MR) is 127 cm³/mol. The zero-order valence-corrected chi connectivity index (χ0v) is 19.6. The standard InChI is InChI=1S/C24H28N4O4S/c1-15-19(22(29)26-27-24(30)31)12-21(28(15)13-16-6-4-3-5-7-16)20-14-33-23(25-20)17-8-10-18(32-2)11-9-17/h8-12,14,16,27H,3-7,13H2,1-2H3,(H,26,29)(H,30,31). The molecule has 0 aliphatic heterocycles. The number of hydrogen-bond acceptors (Lipinski definition) is 5. The Balaban J connectivity index is 1.67. The van der Waals surface area contributed by atoms with E-state index in [0.29, 0.717) is 11.5 Å². The van der Waals surface area contributed by atoms with Crippen LogP contribution >= 0.6 is 11.3 Å². The highest BCUT2D eigenvalue weighted by Gasteiger charge is 2.23. The number of nitrogens with zero attached hydrogens (tertiary/aromatic N) is 2. The molecule has 0 atom stereocenters. The number of rotatable bonds is 6. The number of methoxy groups -OCH3 is 1. The minimum Gasteiger partial charge on any atom is -0.497 e. The normalized spacial score (nSPS) is 14.1. The third kappa shape index (κ3) is 5.19. The van der Waals surface area contributed by atoms with Crippen LogP contribution in [0.15, 0.2) is 35.7 Å². The SMILES string of the molecule is COc1ccc(-c2nc(-c3cc(C(=O)NNC(=O)O)c(C)n3CC3CCCCC3)cs2)cc1. The number of carbonyl (C=O) groups excluding carboxylic acids is 1. The second kappa shape index (κ2) is 10.1. The Morgan fingerprint density at radius 2 is 1.91 bits per heavy atom. The fourth-order valence-corrected chi connectivity index (χ4v) is 5.21. The lowest BCUT2D eigenvalue weighted by atomic mass is 9.89. The first-order valence-electron chi connectivity index (χ1n) is 11.1. The van der Waals surface area contributed by atoms with E-state index in [2.05, 4.69) is 9.99 Å². The molecule has 1 aromatic carbocycles. The van der Waals surface area contributed by atoms with Crippen LogP contribution in [0.2, 0.25) is 0 Å². The summed E-state index contributed by atoms with van der Waals surface area (Å²) >= 11 is 1.55. The summed E-state index contributed by atoms with van der Waals surface area (Å²) in [5.41, 5.74) is 8.10. The fourth-order valence-electron chi connectivity index (χ4n) is 4.39. The number of carboxylic acid groups (broad SMARTS) is 1. The molecular formula is C24H28N4O4S. The maximum Gasteiger partial charge on any atom is 0.423 e. The molecule has 33 heavy (non-hydrogen) atoms. The van der Waals surface area contributed by atoms with Crippen molar-refractivity contribution >= 4 is 23.3 Å². The number of ether oxygens (including phenoxy) is 1. The van der Waals surface area contributed by atoms with Gasteiger partial charge >= 0.3 is 6.09 Å². The van der Waals surface area contributed by atoms with Crippen LogP contribution in [-0.2, 0) is 6.54 Å².